The van der Waals surface area contributed by atoms with E-state index >= 15 is 0 Å². The maximum atomic E-state index is 14.1. The van der Waals surface area contributed by atoms with Crippen LogP contribution in [0, 0.1) is 23.5 Å². The summed E-state index contributed by atoms with van der Waals surface area (Å²) in [4.78, 5) is 0. The van der Waals surface area contributed by atoms with Crippen LogP contribution >= 0.6 is 0 Å². The number of halogens is 2. The first-order valence-electron chi connectivity index (χ1n) is 8.94. The molecule has 1 aromatic rings. The topological polar surface area (TPSA) is 27.7 Å². The Kier molecular flexibility index (Phi) is 6.20. The fourth-order valence-electron chi connectivity index (χ4n) is 3.81. The van der Waals surface area contributed by atoms with Crippen molar-refractivity contribution in [3.05, 3.63) is 47.5 Å². The standard InChI is InChI=1S/C20H26F2O3/c1-3-13-10-24-20(25-11-13)15-6-4-14(5-7-15)16-8-18(21)17(12-23-2)19(22)9-16/h3,8-9,13-15,20H,1,4-7,10-12H2,2H3/t13-,14-,15-,20-. The van der Waals surface area contributed by atoms with E-state index in [4.69, 9.17) is 14.2 Å². The molecular weight excluding hydrogens is 326 g/mol. The van der Waals surface area contributed by atoms with Crippen LogP contribution in [-0.4, -0.2) is 26.6 Å². The smallest absolute Gasteiger partial charge is 0.160 e. The van der Waals surface area contributed by atoms with Crippen LogP contribution in [0.1, 0.15) is 42.7 Å². The summed E-state index contributed by atoms with van der Waals surface area (Å²) in [5, 5.41) is 0. The van der Waals surface area contributed by atoms with Gasteiger partial charge in [0.25, 0.3) is 0 Å². The molecule has 0 spiro atoms. The van der Waals surface area contributed by atoms with Crippen LogP contribution in [0.5, 0.6) is 0 Å². The van der Waals surface area contributed by atoms with Crippen LogP contribution in [-0.2, 0) is 20.8 Å². The Hall–Kier alpha value is -1.30. The van der Waals surface area contributed by atoms with Gasteiger partial charge in [0.1, 0.15) is 11.6 Å². The molecule has 25 heavy (non-hydrogen) atoms. The third-order valence-corrected chi connectivity index (χ3v) is 5.36. The van der Waals surface area contributed by atoms with Crippen LogP contribution < -0.4 is 0 Å². The largest absolute Gasteiger partial charge is 0.380 e. The van der Waals surface area contributed by atoms with E-state index in [9.17, 15) is 8.78 Å². The van der Waals surface area contributed by atoms with Crippen molar-refractivity contribution in [1.29, 1.82) is 0 Å². The lowest BCUT2D eigenvalue weighted by atomic mass is 9.78. The fourth-order valence-corrected chi connectivity index (χ4v) is 3.81. The Balaban J connectivity index is 1.58. The second-order valence-electron chi connectivity index (χ2n) is 7.04. The third kappa shape index (κ3) is 4.27. The average Bonchev–Trinajstić information content (AvgIpc) is 2.65. The SMILES string of the molecule is C=C[C@H]1CO[C@H]([C@H]2CC[C@H](c3cc(F)c(COC)c(F)c3)CC2)OC1. The molecule has 1 saturated heterocycles. The second-order valence-corrected chi connectivity index (χ2v) is 7.04. The molecule has 138 valence electrons. The summed E-state index contributed by atoms with van der Waals surface area (Å²) in [5.41, 5.74) is 0.742. The summed E-state index contributed by atoms with van der Waals surface area (Å²) in [6, 6.07) is 2.93. The van der Waals surface area contributed by atoms with Crippen LogP contribution in [0.15, 0.2) is 24.8 Å². The zero-order valence-corrected chi connectivity index (χ0v) is 14.7. The highest BCUT2D eigenvalue weighted by Crippen LogP contribution is 2.39. The van der Waals surface area contributed by atoms with E-state index in [-0.39, 0.29) is 30.3 Å². The highest BCUT2D eigenvalue weighted by molar-refractivity contribution is 5.28. The molecule has 0 radical (unpaired) electrons. The van der Waals surface area contributed by atoms with Crippen LogP contribution in [0.25, 0.3) is 0 Å². The van der Waals surface area contributed by atoms with Crippen LogP contribution in [0.3, 0.4) is 0 Å². The van der Waals surface area contributed by atoms with Crippen LogP contribution in [0.4, 0.5) is 8.78 Å². The minimum atomic E-state index is -0.520. The van der Waals surface area contributed by atoms with Crippen molar-refractivity contribution in [1.82, 2.24) is 0 Å². The van der Waals surface area contributed by atoms with Gasteiger partial charge in [-0.3, -0.25) is 0 Å². The molecule has 0 amide bonds. The van der Waals surface area contributed by atoms with E-state index < -0.39 is 11.6 Å². The van der Waals surface area contributed by atoms with Gasteiger partial charge in [-0.15, -0.1) is 6.58 Å². The van der Waals surface area contributed by atoms with Gasteiger partial charge in [-0.05, 0) is 49.3 Å². The summed E-state index contributed by atoms with van der Waals surface area (Å²) in [6.07, 6.45) is 5.37. The zero-order chi connectivity index (χ0) is 17.8. The molecule has 3 rings (SSSR count). The van der Waals surface area contributed by atoms with Crippen LogP contribution in [0.2, 0.25) is 0 Å². The highest BCUT2D eigenvalue weighted by atomic mass is 19.1. The zero-order valence-electron chi connectivity index (χ0n) is 14.7. The lowest BCUT2D eigenvalue weighted by molar-refractivity contribution is -0.222. The molecule has 5 heteroatoms. The molecule has 1 saturated carbocycles. The summed E-state index contributed by atoms with van der Waals surface area (Å²) in [6.45, 7) is 5.04. The first kappa shape index (κ1) is 18.5. The van der Waals surface area contributed by atoms with Crippen molar-refractivity contribution in [2.45, 2.75) is 44.5 Å². The Morgan fingerprint density at radius 2 is 1.72 bits per heavy atom. The first-order valence-corrected chi connectivity index (χ1v) is 8.94. The number of methoxy groups -OCH3 is 1. The Morgan fingerprint density at radius 1 is 1.12 bits per heavy atom. The predicted octanol–water partition coefficient (Wildman–Crippen LogP) is 4.56. The highest BCUT2D eigenvalue weighted by Gasteiger charge is 2.32. The molecular formula is C20H26F2O3. The van der Waals surface area contributed by atoms with E-state index in [1.165, 1.54) is 19.2 Å². The molecule has 0 bridgehead atoms. The van der Waals surface area contributed by atoms with Crippen molar-refractivity contribution in [3.63, 3.8) is 0 Å². The molecule has 0 aromatic heterocycles. The minimum absolute atomic E-state index is 0.000662. The van der Waals surface area contributed by atoms with Crippen molar-refractivity contribution >= 4 is 0 Å². The average molecular weight is 352 g/mol. The third-order valence-electron chi connectivity index (χ3n) is 5.36. The molecule has 1 heterocycles. The Morgan fingerprint density at radius 3 is 2.24 bits per heavy atom. The van der Waals surface area contributed by atoms with E-state index in [1.54, 1.807) is 0 Å². The molecule has 1 aliphatic heterocycles. The van der Waals surface area contributed by atoms with Crippen molar-refractivity contribution in [3.8, 4) is 0 Å². The van der Waals surface area contributed by atoms with Crippen molar-refractivity contribution in [2.75, 3.05) is 20.3 Å². The van der Waals surface area contributed by atoms with Gasteiger partial charge in [-0.1, -0.05) is 6.08 Å². The number of ether oxygens (including phenoxy) is 3. The molecule has 0 unspecified atom stereocenters. The molecule has 3 nitrogen and oxygen atoms in total. The molecule has 2 aliphatic rings. The summed E-state index contributed by atoms with van der Waals surface area (Å²) < 4.78 is 44.7. The van der Waals surface area contributed by atoms with Gasteiger partial charge >= 0.3 is 0 Å². The monoisotopic (exact) mass is 352 g/mol. The number of benzene rings is 1. The maximum absolute atomic E-state index is 14.1. The van der Waals surface area contributed by atoms with E-state index in [1.807, 2.05) is 6.08 Å². The van der Waals surface area contributed by atoms with Crippen molar-refractivity contribution in [2.24, 2.45) is 11.8 Å². The number of rotatable bonds is 5. The first-order chi connectivity index (χ1) is 12.1. The Labute approximate surface area is 148 Å². The summed E-state index contributed by atoms with van der Waals surface area (Å²) in [5.74, 6) is -0.239. The lowest BCUT2D eigenvalue weighted by Gasteiger charge is -2.37. The van der Waals surface area contributed by atoms with Gasteiger partial charge in [0.05, 0.1) is 19.8 Å². The normalized spacial score (nSPS) is 30.2. The van der Waals surface area contributed by atoms with Crippen molar-refractivity contribution < 1.29 is 23.0 Å². The molecule has 0 atom stereocenters. The number of hydrogen-bond donors (Lipinski definition) is 0. The minimum Gasteiger partial charge on any atom is -0.380 e. The Bertz CT molecular complexity index is 566. The molecule has 2 fully saturated rings. The van der Waals surface area contributed by atoms with Gasteiger partial charge in [0, 0.05) is 24.5 Å². The second kappa shape index (κ2) is 8.39. The summed E-state index contributed by atoms with van der Waals surface area (Å²) in [7, 11) is 1.43. The van der Waals surface area contributed by atoms with E-state index in [2.05, 4.69) is 6.58 Å². The lowest BCUT2D eigenvalue weighted by Crippen LogP contribution is -2.37. The number of hydrogen-bond acceptors (Lipinski definition) is 3. The fraction of sp³-hybridized carbons (Fsp3) is 0.600. The quantitative estimate of drug-likeness (QED) is 0.727. The molecule has 1 aliphatic carbocycles. The molecule has 0 N–H and O–H groups in total. The van der Waals surface area contributed by atoms with E-state index in [0.29, 0.717) is 19.1 Å². The van der Waals surface area contributed by atoms with Gasteiger partial charge in [0.15, 0.2) is 6.29 Å². The van der Waals surface area contributed by atoms with Gasteiger partial charge in [-0.25, -0.2) is 8.78 Å². The maximum Gasteiger partial charge on any atom is 0.160 e. The molecule has 1 aromatic carbocycles. The summed E-state index contributed by atoms with van der Waals surface area (Å²) >= 11 is 0. The van der Waals surface area contributed by atoms with Gasteiger partial charge in [0.2, 0.25) is 0 Å². The van der Waals surface area contributed by atoms with Gasteiger partial charge in [-0.2, -0.15) is 0 Å². The van der Waals surface area contributed by atoms with Gasteiger partial charge < -0.3 is 14.2 Å². The predicted molar refractivity (Wildman–Crippen MR) is 91.1 cm³/mol. The van der Waals surface area contributed by atoms with E-state index in [0.717, 1.165) is 31.2 Å².